The summed E-state index contributed by atoms with van der Waals surface area (Å²) in [6, 6.07) is 7.04. The predicted molar refractivity (Wildman–Crippen MR) is 117 cm³/mol. The van der Waals surface area contributed by atoms with E-state index in [0.717, 1.165) is 17.7 Å². The second kappa shape index (κ2) is 10.2. The highest BCUT2D eigenvalue weighted by atomic mass is 16.5. The van der Waals surface area contributed by atoms with Crippen molar-refractivity contribution in [1.82, 2.24) is 9.88 Å². The van der Waals surface area contributed by atoms with Gasteiger partial charge in [-0.15, -0.1) is 0 Å². The van der Waals surface area contributed by atoms with E-state index in [2.05, 4.69) is 10.3 Å². The molecule has 0 fully saturated rings. The van der Waals surface area contributed by atoms with Crippen molar-refractivity contribution in [2.24, 2.45) is 0 Å². The lowest BCUT2D eigenvalue weighted by atomic mass is 10.0. The number of ketones is 1. The molecule has 0 aliphatic heterocycles. The Balaban J connectivity index is 2.19. The lowest BCUT2D eigenvalue weighted by Crippen LogP contribution is -2.44. The van der Waals surface area contributed by atoms with E-state index >= 15 is 0 Å². The van der Waals surface area contributed by atoms with Crippen LogP contribution in [0.2, 0.25) is 0 Å². The van der Waals surface area contributed by atoms with Crippen LogP contribution in [0.3, 0.4) is 0 Å². The summed E-state index contributed by atoms with van der Waals surface area (Å²) in [5.74, 6) is -0.814. The molecule has 1 unspecified atom stereocenters. The van der Waals surface area contributed by atoms with Gasteiger partial charge in [0.15, 0.2) is 5.78 Å². The fourth-order valence-electron chi connectivity index (χ4n) is 3.56. The molecule has 7 nitrogen and oxygen atoms in total. The molecule has 0 radical (unpaired) electrons. The van der Waals surface area contributed by atoms with Crippen molar-refractivity contribution >= 4 is 23.3 Å². The first-order valence-electron chi connectivity index (χ1n) is 10.1. The van der Waals surface area contributed by atoms with Gasteiger partial charge < -0.3 is 15.0 Å². The standard InChI is InChI=1S/C23H31N3O4/c1-7-12-26(13-19(27)25-18-11-9-8-10-14(18)2)17(5)22(28)21-15(3)20(16(4)24-21)23(29)30-6/h8-11,17,24H,7,12-13H2,1-6H3,(H,25,27). The van der Waals surface area contributed by atoms with Crippen molar-refractivity contribution in [2.45, 2.75) is 47.1 Å². The number of para-hydroxylation sites is 1. The van der Waals surface area contributed by atoms with Crippen LogP contribution in [-0.2, 0) is 9.53 Å². The number of aryl methyl sites for hydroxylation is 2. The van der Waals surface area contributed by atoms with E-state index < -0.39 is 12.0 Å². The highest BCUT2D eigenvalue weighted by Crippen LogP contribution is 2.21. The Morgan fingerprint density at radius 1 is 1.17 bits per heavy atom. The third-order valence-corrected chi connectivity index (χ3v) is 5.28. The monoisotopic (exact) mass is 413 g/mol. The zero-order valence-corrected chi connectivity index (χ0v) is 18.6. The highest BCUT2D eigenvalue weighted by molar-refractivity contribution is 6.04. The molecular weight excluding hydrogens is 382 g/mol. The van der Waals surface area contributed by atoms with Crippen molar-refractivity contribution in [2.75, 3.05) is 25.5 Å². The molecule has 30 heavy (non-hydrogen) atoms. The number of amides is 1. The Kier molecular flexibility index (Phi) is 7.94. The number of hydrogen-bond donors (Lipinski definition) is 2. The topological polar surface area (TPSA) is 91.5 Å². The number of H-pyrrole nitrogens is 1. The minimum Gasteiger partial charge on any atom is -0.465 e. The fourth-order valence-corrected chi connectivity index (χ4v) is 3.56. The molecule has 1 atom stereocenters. The molecule has 0 spiro atoms. The summed E-state index contributed by atoms with van der Waals surface area (Å²) in [6.07, 6.45) is 0.797. The van der Waals surface area contributed by atoms with Crippen molar-refractivity contribution < 1.29 is 19.1 Å². The average Bonchev–Trinajstić information content (AvgIpc) is 3.01. The van der Waals surface area contributed by atoms with Crippen molar-refractivity contribution in [3.8, 4) is 0 Å². The number of methoxy groups -OCH3 is 1. The number of Topliss-reactive ketones (excluding diaryl/α,β-unsaturated/α-hetero) is 1. The number of aromatic nitrogens is 1. The molecule has 1 aromatic carbocycles. The summed E-state index contributed by atoms with van der Waals surface area (Å²) in [4.78, 5) is 42.7. The maximum absolute atomic E-state index is 13.2. The number of hydrogen-bond acceptors (Lipinski definition) is 5. The maximum Gasteiger partial charge on any atom is 0.339 e. The summed E-state index contributed by atoms with van der Waals surface area (Å²) >= 11 is 0. The third-order valence-electron chi connectivity index (χ3n) is 5.28. The van der Waals surface area contributed by atoms with Gasteiger partial charge in [-0.2, -0.15) is 0 Å². The van der Waals surface area contributed by atoms with Gasteiger partial charge in [-0.25, -0.2) is 4.79 Å². The van der Waals surface area contributed by atoms with E-state index in [1.165, 1.54) is 7.11 Å². The second-order valence-corrected chi connectivity index (χ2v) is 7.49. The Morgan fingerprint density at radius 3 is 2.43 bits per heavy atom. The van der Waals surface area contributed by atoms with Gasteiger partial charge in [-0.1, -0.05) is 25.1 Å². The molecular formula is C23H31N3O4. The Bertz CT molecular complexity index is 933. The van der Waals surface area contributed by atoms with Crippen molar-refractivity contribution in [1.29, 1.82) is 0 Å². The van der Waals surface area contributed by atoms with E-state index in [-0.39, 0.29) is 18.2 Å². The zero-order chi connectivity index (χ0) is 22.4. The van der Waals surface area contributed by atoms with Crippen LogP contribution in [0, 0.1) is 20.8 Å². The molecule has 0 bridgehead atoms. The quantitative estimate of drug-likeness (QED) is 0.484. The van der Waals surface area contributed by atoms with Gasteiger partial charge in [0.1, 0.15) is 0 Å². The van der Waals surface area contributed by atoms with Gasteiger partial charge >= 0.3 is 5.97 Å². The summed E-state index contributed by atoms with van der Waals surface area (Å²) in [5.41, 5.74) is 3.65. The summed E-state index contributed by atoms with van der Waals surface area (Å²) in [6.45, 7) is 9.87. The Labute approximate surface area is 177 Å². The second-order valence-electron chi connectivity index (χ2n) is 7.49. The van der Waals surface area contributed by atoms with Crippen LogP contribution in [0.1, 0.15) is 57.9 Å². The number of esters is 1. The van der Waals surface area contributed by atoms with Gasteiger partial charge in [0.2, 0.25) is 5.91 Å². The molecule has 7 heteroatoms. The highest BCUT2D eigenvalue weighted by Gasteiger charge is 2.29. The van der Waals surface area contributed by atoms with Gasteiger partial charge in [0.25, 0.3) is 0 Å². The number of nitrogens with one attached hydrogen (secondary N) is 2. The van der Waals surface area contributed by atoms with Crippen molar-refractivity contribution in [3.63, 3.8) is 0 Å². The third kappa shape index (κ3) is 5.16. The number of benzene rings is 1. The molecule has 1 heterocycles. The van der Waals surface area contributed by atoms with Crippen molar-refractivity contribution in [3.05, 3.63) is 52.3 Å². The first-order chi connectivity index (χ1) is 14.2. The number of nitrogens with zero attached hydrogens (tertiary/aromatic N) is 1. The van der Waals surface area contributed by atoms with Crippen LogP contribution in [0.4, 0.5) is 5.69 Å². The first kappa shape index (κ1) is 23.3. The van der Waals surface area contributed by atoms with Crippen LogP contribution in [0.25, 0.3) is 0 Å². The molecule has 0 aliphatic rings. The van der Waals surface area contributed by atoms with E-state index in [1.54, 1.807) is 20.8 Å². The number of anilines is 1. The number of ether oxygens (including phenoxy) is 1. The van der Waals surface area contributed by atoms with Gasteiger partial charge in [-0.05, 0) is 57.9 Å². The predicted octanol–water partition coefficient (Wildman–Crippen LogP) is 3.65. The molecule has 162 valence electrons. The van der Waals surface area contributed by atoms with Gasteiger partial charge in [0, 0.05) is 11.4 Å². The van der Waals surface area contributed by atoms with Crippen LogP contribution in [-0.4, -0.2) is 53.8 Å². The van der Waals surface area contributed by atoms with Gasteiger partial charge in [-0.3, -0.25) is 14.5 Å². The average molecular weight is 414 g/mol. The molecule has 0 saturated carbocycles. The van der Waals surface area contributed by atoms with E-state index in [0.29, 0.717) is 29.1 Å². The normalized spacial score (nSPS) is 12.0. The van der Waals surface area contributed by atoms with Crippen LogP contribution in [0.15, 0.2) is 24.3 Å². The number of rotatable bonds is 9. The Morgan fingerprint density at radius 2 is 1.83 bits per heavy atom. The van der Waals surface area contributed by atoms with Crippen LogP contribution in [0.5, 0.6) is 0 Å². The van der Waals surface area contributed by atoms with E-state index in [9.17, 15) is 14.4 Å². The summed E-state index contributed by atoms with van der Waals surface area (Å²) in [7, 11) is 1.31. The molecule has 1 amide bonds. The fraction of sp³-hybridized carbons (Fsp3) is 0.435. The minimum atomic E-state index is -0.533. The SMILES string of the molecule is CCCN(CC(=O)Nc1ccccc1C)C(C)C(=O)c1[nH]c(C)c(C(=O)OC)c1C. The van der Waals surface area contributed by atoms with Crippen LogP contribution >= 0.6 is 0 Å². The lowest BCUT2D eigenvalue weighted by Gasteiger charge is -2.27. The van der Waals surface area contributed by atoms with Gasteiger partial charge in [0.05, 0.1) is 31.0 Å². The molecule has 2 rings (SSSR count). The Hall–Kier alpha value is -2.93. The summed E-state index contributed by atoms with van der Waals surface area (Å²) < 4.78 is 4.82. The number of carbonyl (C=O) groups is 3. The molecule has 2 aromatic rings. The van der Waals surface area contributed by atoms with E-state index in [4.69, 9.17) is 4.74 Å². The first-order valence-corrected chi connectivity index (χ1v) is 10.1. The largest absolute Gasteiger partial charge is 0.465 e. The molecule has 1 aromatic heterocycles. The smallest absolute Gasteiger partial charge is 0.339 e. The molecule has 0 aliphatic carbocycles. The molecule has 0 saturated heterocycles. The number of aromatic amines is 1. The van der Waals surface area contributed by atoms with E-state index in [1.807, 2.05) is 43.0 Å². The van der Waals surface area contributed by atoms with Crippen LogP contribution < -0.4 is 5.32 Å². The number of carbonyl (C=O) groups excluding carboxylic acids is 3. The zero-order valence-electron chi connectivity index (χ0n) is 18.6. The lowest BCUT2D eigenvalue weighted by molar-refractivity contribution is -0.117. The minimum absolute atomic E-state index is 0.0949. The maximum atomic E-state index is 13.2. The molecule has 2 N–H and O–H groups in total. The summed E-state index contributed by atoms with van der Waals surface area (Å²) in [5, 5.41) is 2.92.